The van der Waals surface area contributed by atoms with E-state index in [1.54, 1.807) is 37.6 Å². The molecule has 3 aromatic rings. The number of hydrogen-bond acceptors (Lipinski definition) is 6. The Balaban J connectivity index is 1.58. The Morgan fingerprint density at radius 2 is 2.00 bits per heavy atom. The minimum atomic E-state index is -2.18. The van der Waals surface area contributed by atoms with Gasteiger partial charge < -0.3 is 20.5 Å². The van der Waals surface area contributed by atoms with Gasteiger partial charge in [-0.1, -0.05) is 11.8 Å². The van der Waals surface area contributed by atoms with Gasteiger partial charge in [0.2, 0.25) is 12.7 Å². The molecular weight excluding hydrogens is 368 g/mol. The molecule has 0 atom stereocenters. The molecule has 3 heterocycles. The second kappa shape index (κ2) is 6.38. The van der Waals surface area contributed by atoms with E-state index >= 15 is 0 Å². The van der Waals surface area contributed by atoms with E-state index in [1.165, 1.54) is 0 Å². The van der Waals surface area contributed by atoms with Gasteiger partial charge in [-0.15, -0.1) is 0 Å². The lowest BCUT2D eigenvalue weighted by Gasteiger charge is -2.13. The highest BCUT2D eigenvalue weighted by Crippen LogP contribution is 2.47. The van der Waals surface area contributed by atoms with Crippen LogP contribution >= 0.6 is 0 Å². The fourth-order valence-corrected chi connectivity index (χ4v) is 3.45. The molecule has 1 saturated carbocycles. The molecule has 144 valence electrons. The van der Waals surface area contributed by atoms with Crippen molar-refractivity contribution in [3.8, 4) is 23.3 Å². The summed E-state index contributed by atoms with van der Waals surface area (Å²) in [5.74, 6) is 7.11. The lowest BCUT2D eigenvalue weighted by atomic mass is 9.98. The number of carbonyl (C=O) groups is 1. The fourth-order valence-electron chi connectivity index (χ4n) is 3.45. The molecule has 7 heteroatoms. The number of nitrogens with one attached hydrogen (secondary N) is 1. The monoisotopic (exact) mass is 388 g/mol. The second-order valence-electron chi connectivity index (χ2n) is 7.03. The summed E-state index contributed by atoms with van der Waals surface area (Å²) in [5.41, 5.74) is 6.88. The molecule has 7 nitrogen and oxygen atoms in total. The van der Waals surface area contributed by atoms with E-state index in [2.05, 4.69) is 27.1 Å². The highest BCUT2D eigenvalue weighted by atomic mass is 16.7. The minimum absolute atomic E-state index is 0.300. The van der Waals surface area contributed by atoms with Crippen LogP contribution in [0.2, 0.25) is 0 Å². The molecule has 0 radical (unpaired) electrons. The molecule has 2 aliphatic rings. The summed E-state index contributed by atoms with van der Waals surface area (Å²) < 4.78 is 25.3. The van der Waals surface area contributed by atoms with Gasteiger partial charge in [-0.05, 0) is 37.1 Å². The highest BCUT2D eigenvalue weighted by molar-refractivity contribution is 5.97. The Kier molecular flexibility index (Phi) is 3.34. The number of carbonyl (C=O) groups excluding carboxylic acids is 1. The van der Waals surface area contributed by atoms with Gasteiger partial charge in [-0.25, -0.2) is 4.98 Å². The number of rotatable bonds is 3. The summed E-state index contributed by atoms with van der Waals surface area (Å²) >= 11 is 0. The first kappa shape index (κ1) is 15.2. The van der Waals surface area contributed by atoms with E-state index < -0.39 is 12.2 Å². The van der Waals surface area contributed by atoms with Crippen LogP contribution in [0.3, 0.4) is 0 Å². The maximum absolute atomic E-state index is 12.0. The van der Waals surface area contributed by atoms with Gasteiger partial charge in [0.05, 0.1) is 16.7 Å². The quantitative estimate of drug-likeness (QED) is 0.668. The van der Waals surface area contributed by atoms with Crippen molar-refractivity contribution in [1.82, 2.24) is 9.97 Å². The highest BCUT2D eigenvalue weighted by Gasteiger charge is 2.51. The number of ether oxygens (including phenoxy) is 2. The van der Waals surface area contributed by atoms with E-state index in [4.69, 9.17) is 17.9 Å². The van der Waals surface area contributed by atoms with Crippen LogP contribution in [0, 0.1) is 11.8 Å². The van der Waals surface area contributed by atoms with E-state index in [0.717, 1.165) is 10.8 Å². The molecule has 5 rings (SSSR count). The zero-order valence-corrected chi connectivity index (χ0v) is 15.6. The average Bonchev–Trinajstić information content (AvgIpc) is 3.49. The third-order valence-corrected chi connectivity index (χ3v) is 5.31. The van der Waals surface area contributed by atoms with E-state index in [-0.39, 0.29) is 5.91 Å². The molecule has 1 fully saturated rings. The molecule has 1 amide bonds. The van der Waals surface area contributed by atoms with Crippen LogP contribution in [0.15, 0.2) is 36.7 Å². The number of pyridine rings is 2. The Bertz CT molecular complexity index is 1310. The fraction of sp³-hybridized carbons (Fsp3) is 0.227. The van der Waals surface area contributed by atoms with Crippen molar-refractivity contribution in [2.75, 3.05) is 19.1 Å². The molecule has 0 unspecified atom stereocenters. The van der Waals surface area contributed by atoms with E-state index in [9.17, 15) is 4.79 Å². The smallest absolute Gasteiger partial charge is 0.231 e. The molecule has 3 N–H and O–H groups in total. The van der Waals surface area contributed by atoms with Crippen LogP contribution in [0.1, 0.15) is 32.4 Å². The first-order chi connectivity index (χ1) is 14.8. The number of hydrogen-bond donors (Lipinski definition) is 2. The predicted molar refractivity (Wildman–Crippen MR) is 108 cm³/mol. The topological polar surface area (TPSA) is 99.4 Å². The standard InChI is InChI=1S/C22H18N4O3/c1-24-20-16-11-25-19(22(6-7-22)21(23)27)9-15(16)14(10-26-20)4-2-13-3-5-17-18(8-13)29-12-28-17/h3,5,8-11H,6-7,12H2,1H3,(H2,23,27)(H,24,26)/i12D2. The van der Waals surface area contributed by atoms with Crippen molar-refractivity contribution in [2.45, 2.75) is 18.3 Å². The number of primary amides is 1. The van der Waals surface area contributed by atoms with Crippen LogP contribution in [0.5, 0.6) is 11.5 Å². The summed E-state index contributed by atoms with van der Waals surface area (Å²) in [6.45, 7) is -2.18. The maximum Gasteiger partial charge on any atom is 0.231 e. The first-order valence-corrected chi connectivity index (χ1v) is 9.12. The minimum Gasteiger partial charge on any atom is -0.454 e. The number of amides is 1. The van der Waals surface area contributed by atoms with Crippen molar-refractivity contribution in [3.05, 3.63) is 53.5 Å². The van der Waals surface area contributed by atoms with Crippen LogP contribution in [0.25, 0.3) is 10.8 Å². The van der Waals surface area contributed by atoms with Gasteiger partial charge in [-0.3, -0.25) is 9.78 Å². The van der Waals surface area contributed by atoms with Crippen molar-refractivity contribution >= 4 is 22.5 Å². The zero-order valence-electron chi connectivity index (χ0n) is 17.6. The number of aromatic nitrogens is 2. The van der Waals surface area contributed by atoms with Gasteiger partial charge in [0.1, 0.15) is 8.56 Å². The molecule has 29 heavy (non-hydrogen) atoms. The molecule has 0 spiro atoms. The Hall–Kier alpha value is -3.79. The number of fused-ring (bicyclic) bond motifs is 2. The summed E-state index contributed by atoms with van der Waals surface area (Å²) in [6.07, 6.45) is 4.74. The molecule has 1 aliphatic heterocycles. The molecule has 1 aromatic carbocycles. The molecule has 0 bridgehead atoms. The maximum atomic E-state index is 12.0. The summed E-state index contributed by atoms with van der Waals surface area (Å²) in [4.78, 5) is 20.9. The van der Waals surface area contributed by atoms with Gasteiger partial charge in [0.25, 0.3) is 0 Å². The Morgan fingerprint density at radius 1 is 1.17 bits per heavy atom. The number of anilines is 1. The van der Waals surface area contributed by atoms with E-state index in [0.29, 0.717) is 47.0 Å². The van der Waals surface area contributed by atoms with Gasteiger partial charge in [0, 0.05) is 35.8 Å². The summed E-state index contributed by atoms with van der Waals surface area (Å²) in [6, 6.07) is 6.85. The lowest BCUT2D eigenvalue weighted by Crippen LogP contribution is -2.29. The number of nitrogens with two attached hydrogens (primary N) is 1. The predicted octanol–water partition coefficient (Wildman–Crippen LogP) is 2.32. The second-order valence-corrected chi connectivity index (χ2v) is 7.03. The SMILES string of the molecule is [2H]C1([2H])Oc2ccc(C#Cc3cnc(NC)c4cnc(C5(C(N)=O)CC5)cc34)cc2O1. The largest absolute Gasteiger partial charge is 0.454 e. The molecule has 2 aromatic heterocycles. The number of benzene rings is 1. The van der Waals surface area contributed by atoms with Crippen LogP contribution in [-0.4, -0.2) is 29.7 Å². The summed E-state index contributed by atoms with van der Waals surface area (Å²) in [7, 11) is 1.78. The first-order valence-electron chi connectivity index (χ1n) is 10.1. The molecule has 0 saturated heterocycles. The van der Waals surface area contributed by atoms with Crippen molar-refractivity contribution in [2.24, 2.45) is 5.73 Å². The Labute approximate surface area is 170 Å². The van der Waals surface area contributed by atoms with Gasteiger partial charge >= 0.3 is 0 Å². The van der Waals surface area contributed by atoms with Crippen LogP contribution in [0.4, 0.5) is 5.82 Å². The molecular formula is C22H18N4O3. The van der Waals surface area contributed by atoms with Crippen molar-refractivity contribution < 1.29 is 17.0 Å². The normalized spacial score (nSPS) is 18.2. The van der Waals surface area contributed by atoms with Crippen molar-refractivity contribution in [1.29, 1.82) is 0 Å². The van der Waals surface area contributed by atoms with Crippen molar-refractivity contribution in [3.63, 3.8) is 0 Å². The average molecular weight is 388 g/mol. The number of nitrogens with zero attached hydrogens (tertiary/aromatic N) is 2. The van der Waals surface area contributed by atoms with Gasteiger partial charge in [-0.2, -0.15) is 0 Å². The third-order valence-electron chi connectivity index (χ3n) is 5.31. The lowest BCUT2D eigenvalue weighted by molar-refractivity contribution is -0.120. The van der Waals surface area contributed by atoms with Crippen LogP contribution < -0.4 is 20.5 Å². The van der Waals surface area contributed by atoms with Crippen LogP contribution in [-0.2, 0) is 10.2 Å². The van der Waals surface area contributed by atoms with E-state index in [1.807, 2.05) is 6.07 Å². The Morgan fingerprint density at radius 3 is 2.76 bits per heavy atom. The third kappa shape index (κ3) is 2.81. The summed E-state index contributed by atoms with van der Waals surface area (Å²) in [5, 5.41) is 4.66. The van der Waals surface area contributed by atoms with Gasteiger partial charge in [0.15, 0.2) is 11.5 Å². The molecule has 1 aliphatic carbocycles. The zero-order chi connectivity index (χ0) is 21.8.